The zero-order chi connectivity index (χ0) is 16.8. The number of methoxy groups -OCH3 is 2. The number of ketones is 1. The van der Waals surface area contributed by atoms with Crippen molar-refractivity contribution in [1.29, 1.82) is 0 Å². The summed E-state index contributed by atoms with van der Waals surface area (Å²) in [6.45, 7) is 1.70. The summed E-state index contributed by atoms with van der Waals surface area (Å²) in [6, 6.07) is 12.6. The summed E-state index contributed by atoms with van der Waals surface area (Å²) in [5, 5.41) is 0. The number of carbonyl (C=O) groups excluding carboxylic acids is 2. The highest BCUT2D eigenvalue weighted by Gasteiger charge is 2.20. The number of rotatable bonds is 6. The number of Topliss-reactive ketones (excluding diaryl/α,β-unsaturated/α-hetero) is 1. The topological polar surface area (TPSA) is 61.8 Å². The Morgan fingerprint density at radius 3 is 2.17 bits per heavy atom. The van der Waals surface area contributed by atoms with Crippen LogP contribution in [-0.4, -0.2) is 26.0 Å². The van der Waals surface area contributed by atoms with Crippen LogP contribution in [0.15, 0.2) is 42.5 Å². The van der Waals surface area contributed by atoms with E-state index >= 15 is 0 Å². The van der Waals surface area contributed by atoms with E-state index in [2.05, 4.69) is 0 Å². The molecule has 0 unspecified atom stereocenters. The Morgan fingerprint density at radius 1 is 0.957 bits per heavy atom. The van der Waals surface area contributed by atoms with E-state index in [0.717, 1.165) is 5.56 Å². The molecule has 2 aromatic carbocycles. The molecule has 0 saturated heterocycles. The molecule has 0 aliphatic heterocycles. The third-order valence-corrected chi connectivity index (χ3v) is 3.33. The van der Waals surface area contributed by atoms with Crippen molar-refractivity contribution in [1.82, 2.24) is 0 Å². The van der Waals surface area contributed by atoms with Gasteiger partial charge in [-0.05, 0) is 24.6 Å². The lowest BCUT2D eigenvalue weighted by Gasteiger charge is -2.14. The van der Waals surface area contributed by atoms with Crippen LogP contribution < -0.4 is 9.47 Å². The molecule has 23 heavy (non-hydrogen) atoms. The van der Waals surface area contributed by atoms with Gasteiger partial charge in [0.2, 0.25) is 0 Å². The molecule has 0 saturated carbocycles. The molecule has 0 aliphatic carbocycles. The van der Waals surface area contributed by atoms with E-state index < -0.39 is 5.97 Å². The molecule has 0 aromatic heterocycles. The smallest absolute Gasteiger partial charge is 0.338 e. The Kier molecular flexibility index (Phi) is 5.36. The Bertz CT molecular complexity index is 707. The van der Waals surface area contributed by atoms with Crippen LogP contribution in [0.1, 0.15) is 33.2 Å². The van der Waals surface area contributed by atoms with E-state index in [0.29, 0.717) is 18.1 Å². The van der Waals surface area contributed by atoms with E-state index in [1.54, 1.807) is 0 Å². The Labute approximate surface area is 134 Å². The molecular formula is C18H18O5. The van der Waals surface area contributed by atoms with Crippen molar-refractivity contribution in [2.24, 2.45) is 0 Å². The van der Waals surface area contributed by atoms with Crippen molar-refractivity contribution in [3.8, 4) is 11.5 Å². The predicted octanol–water partition coefficient (Wildman–Crippen LogP) is 3.26. The second kappa shape index (κ2) is 7.45. The minimum Gasteiger partial charge on any atom is -0.493 e. The summed E-state index contributed by atoms with van der Waals surface area (Å²) in [6.07, 6.45) is 0. The molecule has 0 amide bonds. The third kappa shape index (κ3) is 3.88. The molecule has 2 aromatic rings. The number of carbonyl (C=O) groups is 2. The first kappa shape index (κ1) is 16.5. The molecule has 0 spiro atoms. The number of ether oxygens (including phenoxy) is 3. The highest BCUT2D eigenvalue weighted by Crippen LogP contribution is 2.32. The molecule has 0 N–H and O–H groups in total. The quantitative estimate of drug-likeness (QED) is 0.605. The summed E-state index contributed by atoms with van der Waals surface area (Å²) < 4.78 is 15.7. The SMILES string of the molecule is COC(=O)c1cc(OCc2ccccc2)c(OC)cc1C(C)=O. The lowest BCUT2D eigenvalue weighted by Crippen LogP contribution is -2.10. The van der Waals surface area contributed by atoms with Gasteiger partial charge in [-0.2, -0.15) is 0 Å². The van der Waals surface area contributed by atoms with Crippen LogP contribution in [0.2, 0.25) is 0 Å². The molecule has 2 rings (SSSR count). The van der Waals surface area contributed by atoms with Gasteiger partial charge in [-0.3, -0.25) is 4.79 Å². The van der Waals surface area contributed by atoms with Gasteiger partial charge < -0.3 is 14.2 Å². The zero-order valence-electron chi connectivity index (χ0n) is 13.3. The van der Waals surface area contributed by atoms with Gasteiger partial charge in [0.1, 0.15) is 6.61 Å². The third-order valence-electron chi connectivity index (χ3n) is 3.33. The molecule has 120 valence electrons. The normalized spacial score (nSPS) is 10.0. The molecule has 0 heterocycles. The number of esters is 1. The second-order valence-corrected chi connectivity index (χ2v) is 4.87. The lowest BCUT2D eigenvalue weighted by atomic mass is 10.0. The lowest BCUT2D eigenvalue weighted by molar-refractivity contribution is 0.0596. The first-order valence-corrected chi connectivity index (χ1v) is 7.04. The fraction of sp³-hybridized carbons (Fsp3) is 0.222. The van der Waals surface area contributed by atoms with Gasteiger partial charge in [-0.15, -0.1) is 0 Å². The largest absolute Gasteiger partial charge is 0.493 e. The van der Waals surface area contributed by atoms with E-state index in [9.17, 15) is 9.59 Å². The second-order valence-electron chi connectivity index (χ2n) is 4.87. The molecular weight excluding hydrogens is 296 g/mol. The highest BCUT2D eigenvalue weighted by molar-refractivity contribution is 6.06. The maximum Gasteiger partial charge on any atom is 0.338 e. The van der Waals surface area contributed by atoms with Crippen molar-refractivity contribution in [3.63, 3.8) is 0 Å². The minimum absolute atomic E-state index is 0.156. The van der Waals surface area contributed by atoms with Gasteiger partial charge >= 0.3 is 5.97 Å². The van der Waals surface area contributed by atoms with Gasteiger partial charge in [0.15, 0.2) is 17.3 Å². The molecule has 0 atom stereocenters. The van der Waals surface area contributed by atoms with Crippen LogP contribution in [0.5, 0.6) is 11.5 Å². The predicted molar refractivity (Wildman–Crippen MR) is 85.1 cm³/mol. The van der Waals surface area contributed by atoms with Gasteiger partial charge in [0, 0.05) is 5.56 Å². The summed E-state index contributed by atoms with van der Waals surface area (Å²) in [5.41, 5.74) is 1.37. The van der Waals surface area contributed by atoms with E-state index in [1.807, 2.05) is 30.3 Å². The zero-order valence-corrected chi connectivity index (χ0v) is 13.3. The Morgan fingerprint density at radius 2 is 1.61 bits per heavy atom. The van der Waals surface area contributed by atoms with Crippen molar-refractivity contribution in [2.75, 3.05) is 14.2 Å². The van der Waals surface area contributed by atoms with Crippen LogP contribution in [0.4, 0.5) is 0 Å². The summed E-state index contributed by atoms with van der Waals surface area (Å²) in [7, 11) is 2.74. The van der Waals surface area contributed by atoms with Crippen LogP contribution in [-0.2, 0) is 11.3 Å². The van der Waals surface area contributed by atoms with E-state index in [-0.39, 0.29) is 16.9 Å². The van der Waals surface area contributed by atoms with Crippen molar-refractivity contribution in [3.05, 3.63) is 59.2 Å². The van der Waals surface area contributed by atoms with Crippen LogP contribution in [0, 0.1) is 0 Å². The van der Waals surface area contributed by atoms with Crippen molar-refractivity contribution >= 4 is 11.8 Å². The number of hydrogen-bond donors (Lipinski definition) is 0. The van der Waals surface area contributed by atoms with Gasteiger partial charge in [-0.1, -0.05) is 30.3 Å². The van der Waals surface area contributed by atoms with Gasteiger partial charge in [0.25, 0.3) is 0 Å². The number of benzene rings is 2. The van der Waals surface area contributed by atoms with Gasteiger partial charge in [-0.25, -0.2) is 4.79 Å². The maximum atomic E-state index is 11.9. The fourth-order valence-electron chi connectivity index (χ4n) is 2.14. The minimum atomic E-state index is -0.595. The monoisotopic (exact) mass is 314 g/mol. The first-order chi connectivity index (χ1) is 11.1. The van der Waals surface area contributed by atoms with E-state index in [1.165, 1.54) is 33.3 Å². The van der Waals surface area contributed by atoms with Crippen LogP contribution in [0.3, 0.4) is 0 Å². The van der Waals surface area contributed by atoms with Crippen molar-refractivity contribution in [2.45, 2.75) is 13.5 Å². The summed E-state index contributed by atoms with van der Waals surface area (Å²) in [5.74, 6) is -0.0822. The molecule has 0 aliphatic rings. The fourth-order valence-corrected chi connectivity index (χ4v) is 2.14. The molecule has 0 fully saturated rings. The highest BCUT2D eigenvalue weighted by atomic mass is 16.5. The summed E-state index contributed by atoms with van der Waals surface area (Å²) >= 11 is 0. The number of hydrogen-bond acceptors (Lipinski definition) is 5. The molecule has 0 radical (unpaired) electrons. The Hall–Kier alpha value is -2.82. The maximum absolute atomic E-state index is 11.9. The van der Waals surface area contributed by atoms with Gasteiger partial charge in [0.05, 0.1) is 19.8 Å². The molecule has 5 heteroatoms. The first-order valence-electron chi connectivity index (χ1n) is 7.04. The molecule has 0 bridgehead atoms. The average Bonchev–Trinajstić information content (AvgIpc) is 2.59. The standard InChI is InChI=1S/C18H18O5/c1-12(19)14-9-16(21-2)17(10-15(14)18(20)22-3)23-11-13-7-5-4-6-8-13/h4-10H,11H2,1-3H3. The average molecular weight is 314 g/mol. The molecule has 5 nitrogen and oxygen atoms in total. The van der Waals surface area contributed by atoms with Crippen molar-refractivity contribution < 1.29 is 23.8 Å². The summed E-state index contributed by atoms with van der Waals surface area (Å²) in [4.78, 5) is 23.6. The van der Waals surface area contributed by atoms with Crippen LogP contribution in [0.25, 0.3) is 0 Å². The van der Waals surface area contributed by atoms with Crippen LogP contribution >= 0.6 is 0 Å². The van der Waals surface area contributed by atoms with E-state index in [4.69, 9.17) is 14.2 Å². The Balaban J connectivity index is 2.37.